The van der Waals surface area contributed by atoms with Crippen molar-refractivity contribution in [3.8, 4) is 11.5 Å². The molecule has 5 nitrogen and oxygen atoms in total. The summed E-state index contributed by atoms with van der Waals surface area (Å²) in [6.45, 7) is 2.29. The highest BCUT2D eigenvalue weighted by Crippen LogP contribution is 2.54. The number of ether oxygens (including phenoxy) is 2. The van der Waals surface area contributed by atoms with Gasteiger partial charge in [0, 0.05) is 16.7 Å². The molecular weight excluding hydrogens is 506 g/mol. The van der Waals surface area contributed by atoms with Crippen LogP contribution in [0, 0.1) is 0 Å². The molecule has 0 saturated heterocycles. The van der Waals surface area contributed by atoms with E-state index in [0.29, 0.717) is 0 Å². The number of allylic oxidation sites excluding steroid dienone is 1. The third-order valence-corrected chi connectivity index (χ3v) is 9.12. The molecule has 41 heavy (non-hydrogen) atoms. The van der Waals surface area contributed by atoms with E-state index in [1.807, 2.05) is 12.1 Å². The van der Waals surface area contributed by atoms with Crippen molar-refractivity contribution in [1.82, 2.24) is 15.0 Å². The van der Waals surface area contributed by atoms with Gasteiger partial charge in [-0.3, -0.25) is 0 Å². The quantitative estimate of drug-likeness (QED) is 0.156. The van der Waals surface area contributed by atoms with E-state index in [-0.39, 0.29) is 0 Å². The van der Waals surface area contributed by atoms with Gasteiger partial charge in [-0.2, -0.15) is 0 Å². The van der Waals surface area contributed by atoms with Gasteiger partial charge in [-0.25, -0.2) is 4.68 Å². The van der Waals surface area contributed by atoms with Gasteiger partial charge in [-0.15, -0.1) is 5.10 Å². The number of unbranched alkanes of at least 4 members (excludes halogenated alkanes) is 9. The standard InChI is InChI=1S/C36H43N3O2/c1-3-4-5-6-7-8-9-10-11-16-25-36(39-33-19-14-13-18-32(33)37-38-39)30-17-12-15-20-34(30)41-35-29-23-22-28(40-2)26-27(29)21-24-31(35)36/h12-15,17-20,22-23,26H,3-11,16,21,24-25H2,1-2H3. The molecule has 5 heteroatoms. The molecule has 0 saturated carbocycles. The molecule has 1 atom stereocenters. The maximum atomic E-state index is 6.78. The number of fused-ring (bicyclic) bond motifs is 4. The Morgan fingerprint density at radius 1 is 0.829 bits per heavy atom. The molecule has 1 aliphatic carbocycles. The molecule has 2 aliphatic rings. The lowest BCUT2D eigenvalue weighted by atomic mass is 9.71. The summed E-state index contributed by atoms with van der Waals surface area (Å²) in [6, 6.07) is 23.3. The molecule has 4 aromatic rings. The van der Waals surface area contributed by atoms with Gasteiger partial charge in [0.15, 0.2) is 0 Å². The molecule has 3 aromatic carbocycles. The fraction of sp³-hybridized carbons (Fsp3) is 0.444. The Kier molecular flexibility index (Phi) is 8.41. The second kappa shape index (κ2) is 12.5. The fourth-order valence-corrected chi connectivity index (χ4v) is 6.99. The minimum Gasteiger partial charge on any atom is -0.497 e. The van der Waals surface area contributed by atoms with Crippen LogP contribution in [0.25, 0.3) is 16.8 Å². The van der Waals surface area contributed by atoms with Gasteiger partial charge in [0.1, 0.15) is 28.3 Å². The summed E-state index contributed by atoms with van der Waals surface area (Å²) in [6.07, 6.45) is 16.0. The summed E-state index contributed by atoms with van der Waals surface area (Å²) in [5, 5.41) is 9.53. The molecule has 0 amide bonds. The number of aromatic nitrogens is 3. The van der Waals surface area contributed by atoms with E-state index in [4.69, 9.17) is 14.7 Å². The number of aryl methyl sites for hydroxylation is 1. The van der Waals surface area contributed by atoms with Gasteiger partial charge in [-0.05, 0) is 61.2 Å². The molecule has 1 aromatic heterocycles. The minimum atomic E-state index is -0.446. The third kappa shape index (κ3) is 5.27. The van der Waals surface area contributed by atoms with Gasteiger partial charge < -0.3 is 9.47 Å². The third-order valence-electron chi connectivity index (χ3n) is 9.12. The first kappa shape index (κ1) is 27.6. The summed E-state index contributed by atoms with van der Waals surface area (Å²) < 4.78 is 14.6. The lowest BCUT2D eigenvalue weighted by Gasteiger charge is -2.44. The summed E-state index contributed by atoms with van der Waals surface area (Å²) >= 11 is 0. The molecule has 0 bridgehead atoms. The van der Waals surface area contributed by atoms with Crippen molar-refractivity contribution in [3.63, 3.8) is 0 Å². The zero-order valence-electron chi connectivity index (χ0n) is 24.7. The number of benzene rings is 3. The van der Waals surface area contributed by atoms with Crippen molar-refractivity contribution >= 4 is 16.8 Å². The van der Waals surface area contributed by atoms with Crippen molar-refractivity contribution < 1.29 is 9.47 Å². The molecule has 0 radical (unpaired) electrons. The second-order valence-electron chi connectivity index (χ2n) is 11.7. The maximum Gasteiger partial charge on any atom is 0.136 e. The highest BCUT2D eigenvalue weighted by atomic mass is 16.5. The summed E-state index contributed by atoms with van der Waals surface area (Å²) in [5.74, 6) is 2.80. The molecule has 6 rings (SSSR count). The molecule has 2 heterocycles. The summed E-state index contributed by atoms with van der Waals surface area (Å²) in [5.41, 5.74) is 6.52. The fourth-order valence-electron chi connectivity index (χ4n) is 6.99. The normalized spacial score (nSPS) is 17.6. The average Bonchev–Trinajstić information content (AvgIpc) is 3.46. The number of nitrogens with zero attached hydrogens (tertiary/aromatic N) is 3. The van der Waals surface area contributed by atoms with Crippen molar-refractivity contribution in [2.45, 2.75) is 95.9 Å². The molecule has 0 spiro atoms. The maximum absolute atomic E-state index is 6.78. The first-order valence-corrected chi connectivity index (χ1v) is 15.8. The summed E-state index contributed by atoms with van der Waals surface area (Å²) in [4.78, 5) is 0. The van der Waals surface area contributed by atoms with E-state index in [9.17, 15) is 0 Å². The lowest BCUT2D eigenvalue weighted by Crippen LogP contribution is -2.42. The Bertz CT molecular complexity index is 1520. The molecule has 0 fully saturated rings. The topological polar surface area (TPSA) is 49.2 Å². The van der Waals surface area contributed by atoms with Crippen LogP contribution in [-0.4, -0.2) is 22.1 Å². The second-order valence-corrected chi connectivity index (χ2v) is 11.7. The van der Waals surface area contributed by atoms with Crippen molar-refractivity contribution in [3.05, 3.63) is 89.0 Å². The average molecular weight is 550 g/mol. The molecule has 214 valence electrons. The molecule has 0 N–H and O–H groups in total. The highest BCUT2D eigenvalue weighted by molar-refractivity contribution is 5.79. The predicted octanol–water partition coefficient (Wildman–Crippen LogP) is 9.24. The first-order chi connectivity index (χ1) is 20.3. The Hall–Kier alpha value is -3.60. The van der Waals surface area contributed by atoms with Crippen molar-refractivity contribution in [2.75, 3.05) is 7.11 Å². The van der Waals surface area contributed by atoms with Crippen LogP contribution in [0.3, 0.4) is 0 Å². The molecule has 1 unspecified atom stereocenters. The van der Waals surface area contributed by atoms with Crippen LogP contribution in [0.4, 0.5) is 0 Å². The number of rotatable bonds is 13. The van der Waals surface area contributed by atoms with E-state index in [1.165, 1.54) is 80.1 Å². The van der Waals surface area contributed by atoms with Crippen LogP contribution in [0.5, 0.6) is 11.5 Å². The van der Waals surface area contributed by atoms with E-state index in [2.05, 4.69) is 71.3 Å². The van der Waals surface area contributed by atoms with E-state index in [0.717, 1.165) is 54.0 Å². The smallest absolute Gasteiger partial charge is 0.136 e. The van der Waals surface area contributed by atoms with Crippen LogP contribution in [0.2, 0.25) is 0 Å². The Morgan fingerprint density at radius 3 is 2.37 bits per heavy atom. The van der Waals surface area contributed by atoms with Crippen LogP contribution in [0.15, 0.2) is 72.3 Å². The SMILES string of the molecule is CCCCCCCCCCCCC1(n2nnc3ccccc32)C2=C(Oc3ccccc31)c1ccc(OC)cc1CC2. The van der Waals surface area contributed by atoms with Crippen LogP contribution < -0.4 is 9.47 Å². The van der Waals surface area contributed by atoms with Gasteiger partial charge in [0.2, 0.25) is 0 Å². The van der Waals surface area contributed by atoms with E-state index >= 15 is 0 Å². The lowest BCUT2D eigenvalue weighted by molar-refractivity contribution is 0.297. The number of para-hydroxylation sites is 2. The van der Waals surface area contributed by atoms with Gasteiger partial charge in [-0.1, -0.05) is 107 Å². The zero-order valence-corrected chi connectivity index (χ0v) is 24.7. The molecular formula is C36H43N3O2. The Morgan fingerprint density at radius 2 is 1.56 bits per heavy atom. The highest BCUT2D eigenvalue weighted by Gasteiger charge is 2.48. The van der Waals surface area contributed by atoms with Gasteiger partial charge in [0.05, 0.1) is 12.6 Å². The van der Waals surface area contributed by atoms with Crippen LogP contribution in [-0.2, 0) is 12.0 Å². The first-order valence-electron chi connectivity index (χ1n) is 15.8. The van der Waals surface area contributed by atoms with Crippen molar-refractivity contribution in [1.29, 1.82) is 0 Å². The monoisotopic (exact) mass is 549 g/mol. The van der Waals surface area contributed by atoms with Crippen LogP contribution in [0.1, 0.15) is 101 Å². The van der Waals surface area contributed by atoms with Crippen molar-refractivity contribution in [2.24, 2.45) is 0 Å². The summed E-state index contributed by atoms with van der Waals surface area (Å²) in [7, 11) is 1.73. The van der Waals surface area contributed by atoms with E-state index in [1.54, 1.807) is 7.11 Å². The van der Waals surface area contributed by atoms with Gasteiger partial charge in [0.25, 0.3) is 0 Å². The number of hydrogen-bond donors (Lipinski definition) is 0. The van der Waals surface area contributed by atoms with Crippen LogP contribution >= 0.6 is 0 Å². The number of methoxy groups -OCH3 is 1. The Balaban J connectivity index is 1.37. The van der Waals surface area contributed by atoms with E-state index < -0.39 is 5.54 Å². The predicted molar refractivity (Wildman–Crippen MR) is 166 cm³/mol. The molecule has 1 aliphatic heterocycles. The van der Waals surface area contributed by atoms with Gasteiger partial charge >= 0.3 is 0 Å². The largest absolute Gasteiger partial charge is 0.497 e. The zero-order chi connectivity index (χ0) is 28.1. The minimum absolute atomic E-state index is 0.446. The Labute approximate surface area is 244 Å². The number of hydrogen-bond acceptors (Lipinski definition) is 4.